The highest BCUT2D eigenvalue weighted by molar-refractivity contribution is 7.10. The van der Waals surface area contributed by atoms with Gasteiger partial charge in [0.05, 0.1) is 18.2 Å². The number of fused-ring (bicyclic) bond motifs is 1. The standard InChI is InChI=1S/C20H23NO2S/c1-14-11-21(12-18(23-14)15-7-3-2-4-8-15)20(22)17-13-24-19-10-6-5-9-16(17)19/h2-4,7-8,13-14,18H,5-6,9-12H2,1H3. The number of aryl methyl sites for hydroxylation is 1. The number of carbonyl (C=O) groups is 1. The number of ether oxygens (including phenoxy) is 1. The van der Waals surface area contributed by atoms with E-state index in [1.54, 1.807) is 11.3 Å². The van der Waals surface area contributed by atoms with Crippen LogP contribution in [0.4, 0.5) is 0 Å². The molecule has 4 rings (SSSR count). The molecule has 1 saturated heterocycles. The van der Waals surface area contributed by atoms with E-state index in [0.29, 0.717) is 13.1 Å². The van der Waals surface area contributed by atoms with Gasteiger partial charge >= 0.3 is 0 Å². The van der Waals surface area contributed by atoms with E-state index in [2.05, 4.69) is 24.4 Å². The molecule has 2 aromatic rings. The van der Waals surface area contributed by atoms with Crippen LogP contribution in [0, 0.1) is 0 Å². The summed E-state index contributed by atoms with van der Waals surface area (Å²) in [6.07, 6.45) is 4.68. The SMILES string of the molecule is CC1CN(C(=O)c2csc3c2CCCC3)CC(c2ccccc2)O1. The van der Waals surface area contributed by atoms with Gasteiger partial charge in [0.25, 0.3) is 5.91 Å². The van der Waals surface area contributed by atoms with E-state index in [9.17, 15) is 4.79 Å². The van der Waals surface area contributed by atoms with E-state index in [0.717, 1.165) is 24.0 Å². The molecule has 126 valence electrons. The van der Waals surface area contributed by atoms with Crippen molar-refractivity contribution in [3.63, 3.8) is 0 Å². The van der Waals surface area contributed by atoms with Crippen LogP contribution in [0.5, 0.6) is 0 Å². The largest absolute Gasteiger partial charge is 0.367 e. The van der Waals surface area contributed by atoms with Gasteiger partial charge in [0, 0.05) is 16.8 Å². The van der Waals surface area contributed by atoms with E-state index in [1.165, 1.54) is 23.3 Å². The topological polar surface area (TPSA) is 29.5 Å². The van der Waals surface area contributed by atoms with Gasteiger partial charge in [-0.2, -0.15) is 0 Å². The predicted molar refractivity (Wildman–Crippen MR) is 96.6 cm³/mol. The average Bonchev–Trinajstić information content (AvgIpc) is 3.05. The lowest BCUT2D eigenvalue weighted by Gasteiger charge is -2.37. The Bertz CT molecular complexity index is 724. The molecule has 24 heavy (non-hydrogen) atoms. The van der Waals surface area contributed by atoms with Crippen molar-refractivity contribution in [2.75, 3.05) is 13.1 Å². The maximum atomic E-state index is 13.1. The first-order chi connectivity index (χ1) is 11.7. The number of thiophene rings is 1. The van der Waals surface area contributed by atoms with Crippen LogP contribution in [0.1, 0.15) is 52.2 Å². The second-order valence-corrected chi connectivity index (χ2v) is 7.78. The maximum absolute atomic E-state index is 13.1. The quantitative estimate of drug-likeness (QED) is 0.818. The molecule has 1 aromatic carbocycles. The summed E-state index contributed by atoms with van der Waals surface area (Å²) in [6, 6.07) is 10.2. The minimum Gasteiger partial charge on any atom is -0.367 e. The Kier molecular flexibility index (Phi) is 4.42. The van der Waals surface area contributed by atoms with Crippen LogP contribution in [0.25, 0.3) is 0 Å². The minimum absolute atomic E-state index is 0.0339. The highest BCUT2D eigenvalue weighted by Crippen LogP contribution is 2.32. The summed E-state index contributed by atoms with van der Waals surface area (Å²) in [5.41, 5.74) is 3.40. The van der Waals surface area contributed by atoms with Gasteiger partial charge in [0.15, 0.2) is 0 Å². The Morgan fingerprint density at radius 1 is 1.17 bits per heavy atom. The van der Waals surface area contributed by atoms with Crippen LogP contribution in [0.2, 0.25) is 0 Å². The lowest BCUT2D eigenvalue weighted by atomic mass is 9.95. The van der Waals surface area contributed by atoms with Crippen molar-refractivity contribution in [3.8, 4) is 0 Å². The van der Waals surface area contributed by atoms with Crippen LogP contribution in [-0.4, -0.2) is 30.0 Å². The van der Waals surface area contributed by atoms with Crippen LogP contribution >= 0.6 is 11.3 Å². The highest BCUT2D eigenvalue weighted by Gasteiger charge is 2.31. The Balaban J connectivity index is 1.57. The highest BCUT2D eigenvalue weighted by atomic mass is 32.1. The van der Waals surface area contributed by atoms with Crippen molar-refractivity contribution in [1.82, 2.24) is 4.90 Å². The number of amides is 1. The molecular weight excluding hydrogens is 318 g/mol. The van der Waals surface area contributed by atoms with Crippen molar-refractivity contribution in [2.45, 2.75) is 44.8 Å². The molecule has 0 radical (unpaired) electrons. The normalized spacial score (nSPS) is 23.8. The lowest BCUT2D eigenvalue weighted by molar-refractivity contribution is -0.0691. The van der Waals surface area contributed by atoms with E-state index < -0.39 is 0 Å². The molecule has 1 aromatic heterocycles. The maximum Gasteiger partial charge on any atom is 0.255 e. The van der Waals surface area contributed by atoms with Crippen LogP contribution in [0.15, 0.2) is 35.7 Å². The molecule has 0 bridgehead atoms. The summed E-state index contributed by atoms with van der Waals surface area (Å²) < 4.78 is 6.09. The zero-order valence-corrected chi connectivity index (χ0v) is 14.8. The van der Waals surface area contributed by atoms with Crippen molar-refractivity contribution >= 4 is 17.2 Å². The Morgan fingerprint density at radius 2 is 1.96 bits per heavy atom. The molecule has 2 atom stereocenters. The van der Waals surface area contributed by atoms with Gasteiger partial charge in [0.2, 0.25) is 0 Å². The molecule has 1 aliphatic carbocycles. The third-order valence-electron chi connectivity index (χ3n) is 5.01. The molecule has 3 nitrogen and oxygen atoms in total. The predicted octanol–water partition coefficient (Wildman–Crippen LogP) is 4.23. The van der Waals surface area contributed by atoms with Gasteiger partial charge in [-0.15, -0.1) is 11.3 Å². The van der Waals surface area contributed by atoms with E-state index in [1.807, 2.05) is 23.1 Å². The van der Waals surface area contributed by atoms with Gasteiger partial charge in [0.1, 0.15) is 6.10 Å². The molecule has 2 heterocycles. The number of rotatable bonds is 2. The molecule has 1 fully saturated rings. The molecule has 1 aliphatic heterocycles. The van der Waals surface area contributed by atoms with Gasteiger partial charge < -0.3 is 9.64 Å². The van der Waals surface area contributed by atoms with Crippen molar-refractivity contribution in [2.24, 2.45) is 0 Å². The van der Waals surface area contributed by atoms with Gasteiger partial charge in [-0.3, -0.25) is 4.79 Å². The monoisotopic (exact) mass is 341 g/mol. The minimum atomic E-state index is -0.0339. The first-order valence-electron chi connectivity index (χ1n) is 8.81. The second-order valence-electron chi connectivity index (χ2n) is 6.81. The van der Waals surface area contributed by atoms with Crippen LogP contribution in [0.3, 0.4) is 0 Å². The molecule has 0 saturated carbocycles. The van der Waals surface area contributed by atoms with Crippen molar-refractivity contribution in [3.05, 3.63) is 57.3 Å². The van der Waals surface area contributed by atoms with Gasteiger partial charge in [-0.05, 0) is 43.7 Å². The van der Waals surface area contributed by atoms with Gasteiger partial charge in [-0.25, -0.2) is 0 Å². The number of morpholine rings is 1. The van der Waals surface area contributed by atoms with Gasteiger partial charge in [-0.1, -0.05) is 30.3 Å². The number of hydrogen-bond acceptors (Lipinski definition) is 3. The number of benzene rings is 1. The smallest absolute Gasteiger partial charge is 0.255 e. The molecule has 2 unspecified atom stereocenters. The third kappa shape index (κ3) is 3.01. The summed E-state index contributed by atoms with van der Waals surface area (Å²) >= 11 is 1.76. The summed E-state index contributed by atoms with van der Waals surface area (Å²) in [6.45, 7) is 3.36. The fraction of sp³-hybridized carbons (Fsp3) is 0.450. The summed E-state index contributed by atoms with van der Waals surface area (Å²) in [5.74, 6) is 0.186. The molecule has 1 amide bonds. The fourth-order valence-electron chi connectivity index (χ4n) is 3.81. The molecule has 0 N–H and O–H groups in total. The second kappa shape index (κ2) is 6.69. The Hall–Kier alpha value is -1.65. The molecule has 2 aliphatic rings. The first-order valence-corrected chi connectivity index (χ1v) is 9.69. The van der Waals surface area contributed by atoms with E-state index in [4.69, 9.17) is 4.74 Å². The Morgan fingerprint density at radius 3 is 2.79 bits per heavy atom. The zero-order chi connectivity index (χ0) is 16.5. The molecular formula is C20H23NO2S. The number of hydrogen-bond donors (Lipinski definition) is 0. The number of nitrogens with zero attached hydrogens (tertiary/aromatic N) is 1. The van der Waals surface area contributed by atoms with E-state index in [-0.39, 0.29) is 18.1 Å². The fourth-order valence-corrected chi connectivity index (χ4v) is 4.93. The average molecular weight is 341 g/mol. The van der Waals surface area contributed by atoms with Crippen LogP contribution in [-0.2, 0) is 17.6 Å². The molecule has 0 spiro atoms. The molecule has 4 heteroatoms. The first kappa shape index (κ1) is 15.9. The third-order valence-corrected chi connectivity index (χ3v) is 6.10. The van der Waals surface area contributed by atoms with Crippen LogP contribution < -0.4 is 0 Å². The van der Waals surface area contributed by atoms with E-state index >= 15 is 0 Å². The number of carbonyl (C=O) groups excluding carboxylic acids is 1. The zero-order valence-electron chi connectivity index (χ0n) is 14.0. The summed E-state index contributed by atoms with van der Waals surface area (Å²) in [4.78, 5) is 16.5. The lowest BCUT2D eigenvalue weighted by Crippen LogP contribution is -2.46. The van der Waals surface area contributed by atoms with Crippen molar-refractivity contribution < 1.29 is 9.53 Å². The summed E-state index contributed by atoms with van der Waals surface area (Å²) in [7, 11) is 0. The summed E-state index contributed by atoms with van der Waals surface area (Å²) in [5, 5.41) is 2.08. The Labute approximate surface area is 147 Å². The van der Waals surface area contributed by atoms with Crippen molar-refractivity contribution in [1.29, 1.82) is 0 Å².